The Hall–Kier alpha value is -4.30. The van der Waals surface area contributed by atoms with Crippen LogP contribution in [0.25, 0.3) is 33.6 Å². The predicted octanol–water partition coefficient (Wildman–Crippen LogP) is 9.59. The molecule has 0 saturated heterocycles. The number of carbonyl (C=O) groups is 2. The number of rotatable bonds is 14. The van der Waals surface area contributed by atoms with Crippen LogP contribution in [0.1, 0.15) is 47.5 Å². The number of hydrogen-bond donors (Lipinski definition) is 2. The van der Waals surface area contributed by atoms with E-state index in [0.29, 0.717) is 35.8 Å². The van der Waals surface area contributed by atoms with E-state index in [0.717, 1.165) is 50.5 Å². The molecule has 1 aromatic heterocycles. The molecule has 0 saturated carbocycles. The highest BCUT2D eigenvalue weighted by Gasteiger charge is 2.24. The van der Waals surface area contributed by atoms with E-state index in [1.54, 1.807) is 11.8 Å². The number of hydrogen-bond acceptors (Lipinski definition) is 5. The second-order valence-electron chi connectivity index (χ2n) is 12.2. The fourth-order valence-electron chi connectivity index (χ4n) is 5.74. The molecule has 0 aliphatic rings. The molecule has 0 unspecified atom stereocenters. The molecule has 0 bridgehead atoms. The number of nitrogens with one attached hydrogen (secondary N) is 1. The van der Waals surface area contributed by atoms with Gasteiger partial charge < -0.3 is 14.8 Å². The smallest absolute Gasteiger partial charge is 0.326 e. The lowest BCUT2D eigenvalue weighted by atomic mass is 9.93. The zero-order chi connectivity index (χ0) is 34.2. The van der Waals surface area contributed by atoms with Crippen LogP contribution in [0.3, 0.4) is 0 Å². The Morgan fingerprint density at radius 2 is 1.56 bits per heavy atom. The number of nitrogens with zero attached hydrogens (tertiary/aromatic N) is 1. The molecular weight excluding hydrogens is 640 g/mol. The Morgan fingerprint density at radius 1 is 0.854 bits per heavy atom. The van der Waals surface area contributed by atoms with Crippen LogP contribution in [0, 0.1) is 6.92 Å². The molecule has 0 fully saturated rings. The standard InChI is InChI=1S/C40H41ClN2O4S/c1-26(2)43(25-32-23-35(29-11-6-5-7-12-29)38(47-32)30-15-17-31(41)18-16-30)24-28-14-19-34(36(22-28)33-13-9-8-10-27(33)3)39(44)42-37(40(45)46)20-21-48-4/h5-19,22-23,26,37H,20-21,24-25H2,1-4H3,(H,42,44)(H,45,46)/t37-/m0/s1. The van der Waals surface area contributed by atoms with E-state index >= 15 is 0 Å². The number of amides is 1. The SMILES string of the molecule is CSCC[C@H](NC(=O)c1ccc(CN(Cc2cc(-c3ccccc3)c(-c3ccc(Cl)cc3)o2)C(C)C)cc1-c1ccccc1C)C(=O)O. The van der Waals surface area contributed by atoms with Crippen molar-refractivity contribution in [2.24, 2.45) is 0 Å². The minimum absolute atomic E-state index is 0.187. The van der Waals surface area contributed by atoms with E-state index in [2.05, 4.69) is 48.3 Å². The molecular formula is C40H41ClN2O4S. The first kappa shape index (κ1) is 35.0. The summed E-state index contributed by atoms with van der Waals surface area (Å²) in [6.07, 6.45) is 2.27. The molecule has 5 rings (SSSR count). The van der Waals surface area contributed by atoms with E-state index < -0.39 is 17.9 Å². The Morgan fingerprint density at radius 3 is 2.23 bits per heavy atom. The van der Waals surface area contributed by atoms with Gasteiger partial charge in [0.05, 0.1) is 6.54 Å². The third-order valence-electron chi connectivity index (χ3n) is 8.43. The molecule has 0 aliphatic carbocycles. The first-order valence-electron chi connectivity index (χ1n) is 16.0. The zero-order valence-electron chi connectivity index (χ0n) is 27.7. The third-order valence-corrected chi connectivity index (χ3v) is 9.32. The lowest BCUT2D eigenvalue weighted by Crippen LogP contribution is -2.41. The van der Waals surface area contributed by atoms with Crippen LogP contribution in [0.2, 0.25) is 5.02 Å². The van der Waals surface area contributed by atoms with Crippen LogP contribution >= 0.6 is 23.4 Å². The van der Waals surface area contributed by atoms with Gasteiger partial charge in [-0.05, 0) is 109 Å². The van der Waals surface area contributed by atoms with Gasteiger partial charge in [0, 0.05) is 34.3 Å². The molecule has 1 amide bonds. The first-order valence-corrected chi connectivity index (χ1v) is 17.8. The number of aliphatic carboxylic acids is 1. The van der Waals surface area contributed by atoms with E-state index in [1.807, 2.05) is 92.0 Å². The minimum atomic E-state index is -1.04. The Bertz CT molecular complexity index is 1850. The largest absolute Gasteiger partial charge is 0.480 e. The number of carboxylic acid groups (broad SMARTS) is 1. The van der Waals surface area contributed by atoms with E-state index in [4.69, 9.17) is 16.0 Å². The van der Waals surface area contributed by atoms with Crippen molar-refractivity contribution in [2.75, 3.05) is 12.0 Å². The molecule has 2 N–H and O–H groups in total. The summed E-state index contributed by atoms with van der Waals surface area (Å²) in [5.41, 5.74) is 7.26. The van der Waals surface area contributed by atoms with Gasteiger partial charge in [-0.3, -0.25) is 9.69 Å². The van der Waals surface area contributed by atoms with E-state index in [9.17, 15) is 14.7 Å². The summed E-state index contributed by atoms with van der Waals surface area (Å²) in [4.78, 5) is 27.8. The molecule has 0 aliphatic heterocycles. The second-order valence-corrected chi connectivity index (χ2v) is 13.6. The van der Waals surface area contributed by atoms with Gasteiger partial charge in [0.25, 0.3) is 5.91 Å². The maximum absolute atomic E-state index is 13.6. The van der Waals surface area contributed by atoms with Crippen LogP contribution in [0.5, 0.6) is 0 Å². The number of carboxylic acids is 1. The number of benzene rings is 4. The lowest BCUT2D eigenvalue weighted by Gasteiger charge is -2.26. The molecule has 0 radical (unpaired) electrons. The molecule has 1 atom stereocenters. The van der Waals surface area contributed by atoms with Crippen LogP contribution < -0.4 is 5.32 Å². The maximum atomic E-state index is 13.6. The van der Waals surface area contributed by atoms with Gasteiger partial charge >= 0.3 is 5.97 Å². The van der Waals surface area contributed by atoms with Crippen molar-refractivity contribution in [3.8, 4) is 33.6 Å². The highest BCUT2D eigenvalue weighted by Crippen LogP contribution is 2.37. The highest BCUT2D eigenvalue weighted by molar-refractivity contribution is 7.98. The number of carbonyl (C=O) groups excluding carboxylic acids is 1. The van der Waals surface area contributed by atoms with Crippen LogP contribution in [0.15, 0.2) is 108 Å². The van der Waals surface area contributed by atoms with Gasteiger partial charge in [0.2, 0.25) is 0 Å². The van der Waals surface area contributed by atoms with Crippen LogP contribution in [0.4, 0.5) is 0 Å². The first-order chi connectivity index (χ1) is 23.1. The minimum Gasteiger partial charge on any atom is -0.480 e. The fraction of sp³-hybridized carbons (Fsp3) is 0.250. The molecule has 48 heavy (non-hydrogen) atoms. The molecule has 5 aromatic rings. The molecule has 0 spiro atoms. The summed E-state index contributed by atoms with van der Waals surface area (Å²) in [6.45, 7) is 7.52. The van der Waals surface area contributed by atoms with Crippen molar-refractivity contribution < 1.29 is 19.1 Å². The van der Waals surface area contributed by atoms with Gasteiger partial charge in [0.1, 0.15) is 17.6 Å². The monoisotopic (exact) mass is 680 g/mol. The third kappa shape index (κ3) is 8.58. The number of halogens is 1. The Labute approximate surface area is 292 Å². The van der Waals surface area contributed by atoms with Crippen molar-refractivity contribution >= 4 is 35.2 Å². The maximum Gasteiger partial charge on any atom is 0.326 e. The summed E-state index contributed by atoms with van der Waals surface area (Å²) in [7, 11) is 0. The summed E-state index contributed by atoms with van der Waals surface area (Å²) in [5, 5.41) is 13.2. The fourth-order valence-corrected chi connectivity index (χ4v) is 6.34. The molecule has 6 nitrogen and oxygen atoms in total. The average Bonchev–Trinajstić information content (AvgIpc) is 3.50. The Balaban J connectivity index is 1.47. The average molecular weight is 681 g/mol. The zero-order valence-corrected chi connectivity index (χ0v) is 29.3. The van der Waals surface area contributed by atoms with Crippen molar-refractivity contribution in [1.29, 1.82) is 0 Å². The quantitative estimate of drug-likeness (QED) is 0.122. The Kier molecular flexibility index (Phi) is 11.8. The van der Waals surface area contributed by atoms with Crippen molar-refractivity contribution in [1.82, 2.24) is 10.2 Å². The highest BCUT2D eigenvalue weighted by atomic mass is 35.5. The number of furan rings is 1. The summed E-state index contributed by atoms with van der Waals surface area (Å²) < 4.78 is 6.57. The molecule has 4 aromatic carbocycles. The van der Waals surface area contributed by atoms with Gasteiger partial charge in [0.15, 0.2) is 0 Å². The van der Waals surface area contributed by atoms with Gasteiger partial charge in [-0.15, -0.1) is 0 Å². The van der Waals surface area contributed by atoms with Gasteiger partial charge in [-0.2, -0.15) is 11.8 Å². The molecule has 1 heterocycles. The van der Waals surface area contributed by atoms with Crippen molar-refractivity contribution in [2.45, 2.75) is 52.4 Å². The summed E-state index contributed by atoms with van der Waals surface area (Å²) in [5.74, 6) is 0.841. The van der Waals surface area contributed by atoms with Crippen LogP contribution in [-0.4, -0.2) is 46.0 Å². The lowest BCUT2D eigenvalue weighted by molar-refractivity contribution is -0.139. The molecule has 8 heteroatoms. The van der Waals surface area contributed by atoms with Crippen molar-refractivity contribution in [3.05, 3.63) is 131 Å². The summed E-state index contributed by atoms with van der Waals surface area (Å²) in [6, 6.07) is 33.0. The van der Waals surface area contributed by atoms with Crippen LogP contribution in [-0.2, 0) is 17.9 Å². The topological polar surface area (TPSA) is 82.8 Å². The second kappa shape index (κ2) is 16.2. The van der Waals surface area contributed by atoms with Gasteiger partial charge in [-0.1, -0.05) is 72.3 Å². The predicted molar refractivity (Wildman–Crippen MR) is 197 cm³/mol. The summed E-state index contributed by atoms with van der Waals surface area (Å²) >= 11 is 7.75. The van der Waals surface area contributed by atoms with Crippen molar-refractivity contribution in [3.63, 3.8) is 0 Å². The molecule has 248 valence electrons. The normalized spacial score (nSPS) is 12.0. The number of aryl methyl sites for hydroxylation is 1. The van der Waals surface area contributed by atoms with Gasteiger partial charge in [-0.25, -0.2) is 4.79 Å². The number of thioether (sulfide) groups is 1. The van der Waals surface area contributed by atoms with E-state index in [-0.39, 0.29) is 6.04 Å². The van der Waals surface area contributed by atoms with E-state index in [1.165, 1.54) is 0 Å².